The van der Waals surface area contributed by atoms with Crippen molar-refractivity contribution in [2.75, 3.05) is 36.0 Å². The summed E-state index contributed by atoms with van der Waals surface area (Å²) in [5, 5.41) is 9.99. The molecule has 1 saturated heterocycles. The predicted molar refractivity (Wildman–Crippen MR) is 94.0 cm³/mol. The smallest absolute Gasteiger partial charge is 0.259 e. The molecule has 0 unspecified atom stereocenters. The highest BCUT2D eigenvalue weighted by atomic mass is 16.3. The number of aromatic nitrogens is 2. The van der Waals surface area contributed by atoms with Crippen LogP contribution in [0.4, 0.5) is 11.5 Å². The number of phenols is 1. The van der Waals surface area contributed by atoms with E-state index in [0.29, 0.717) is 17.2 Å². The molecule has 24 heavy (non-hydrogen) atoms. The van der Waals surface area contributed by atoms with Crippen molar-refractivity contribution in [2.24, 2.45) is 0 Å². The van der Waals surface area contributed by atoms with E-state index in [2.05, 4.69) is 14.8 Å². The summed E-state index contributed by atoms with van der Waals surface area (Å²) in [7, 11) is 0. The molecule has 0 saturated carbocycles. The highest BCUT2D eigenvalue weighted by Gasteiger charge is 2.20. The zero-order valence-electron chi connectivity index (χ0n) is 13.2. The van der Waals surface area contributed by atoms with Gasteiger partial charge in [-0.2, -0.15) is 0 Å². The lowest BCUT2D eigenvalue weighted by atomic mass is 10.2. The van der Waals surface area contributed by atoms with Crippen LogP contribution in [0.1, 0.15) is 0 Å². The molecule has 2 aromatic heterocycles. The van der Waals surface area contributed by atoms with E-state index >= 15 is 0 Å². The molecule has 1 aromatic carbocycles. The first-order chi connectivity index (χ1) is 11.7. The van der Waals surface area contributed by atoms with Crippen molar-refractivity contribution in [3.8, 4) is 5.75 Å². The van der Waals surface area contributed by atoms with Crippen molar-refractivity contribution in [1.29, 1.82) is 0 Å². The monoisotopic (exact) mass is 322 g/mol. The number of pyridine rings is 1. The predicted octanol–water partition coefficient (Wildman–Crippen LogP) is 1.73. The van der Waals surface area contributed by atoms with Gasteiger partial charge in [0.1, 0.15) is 17.2 Å². The molecule has 3 aromatic rings. The van der Waals surface area contributed by atoms with Gasteiger partial charge in [0.2, 0.25) is 0 Å². The molecular weight excluding hydrogens is 304 g/mol. The maximum atomic E-state index is 12.2. The van der Waals surface area contributed by atoms with Crippen LogP contribution in [0.2, 0.25) is 0 Å². The Hall–Kier alpha value is -3.02. The first-order valence-electron chi connectivity index (χ1n) is 7.99. The molecule has 6 heteroatoms. The van der Waals surface area contributed by atoms with Gasteiger partial charge < -0.3 is 14.9 Å². The standard InChI is InChI=1S/C18H18N4O2/c23-15-6-2-1-5-14(15)20-9-11-21(12-10-20)17-13-18(24)22-8-4-3-7-16(22)19-17/h1-8,13,23H,9-12H2. The van der Waals surface area contributed by atoms with Crippen molar-refractivity contribution in [2.45, 2.75) is 0 Å². The summed E-state index contributed by atoms with van der Waals surface area (Å²) in [5.41, 5.74) is 1.44. The Kier molecular flexibility index (Phi) is 3.57. The molecule has 122 valence electrons. The van der Waals surface area contributed by atoms with Gasteiger partial charge in [-0.3, -0.25) is 9.20 Å². The fraction of sp³-hybridized carbons (Fsp3) is 0.222. The molecule has 0 atom stereocenters. The average molecular weight is 322 g/mol. The Balaban J connectivity index is 1.56. The third-order valence-corrected chi connectivity index (χ3v) is 4.38. The largest absolute Gasteiger partial charge is 0.506 e. The molecule has 0 amide bonds. The minimum Gasteiger partial charge on any atom is -0.506 e. The lowest BCUT2D eigenvalue weighted by molar-refractivity contribution is 0.472. The van der Waals surface area contributed by atoms with Crippen LogP contribution in [0, 0.1) is 0 Å². The summed E-state index contributed by atoms with van der Waals surface area (Å²) in [6.45, 7) is 3.05. The van der Waals surface area contributed by atoms with Crippen molar-refractivity contribution >= 4 is 17.2 Å². The second-order valence-electron chi connectivity index (χ2n) is 5.84. The van der Waals surface area contributed by atoms with Crippen molar-refractivity contribution in [3.05, 3.63) is 65.1 Å². The quantitative estimate of drug-likeness (QED) is 0.778. The Morgan fingerprint density at radius 1 is 0.917 bits per heavy atom. The topological polar surface area (TPSA) is 61.1 Å². The van der Waals surface area contributed by atoms with Crippen LogP contribution in [0.25, 0.3) is 5.65 Å². The van der Waals surface area contributed by atoms with Crippen LogP contribution >= 0.6 is 0 Å². The molecule has 0 aliphatic carbocycles. The minimum atomic E-state index is -0.0706. The van der Waals surface area contributed by atoms with E-state index in [1.165, 1.54) is 0 Å². The Morgan fingerprint density at radius 3 is 2.42 bits per heavy atom. The number of phenolic OH excluding ortho intramolecular Hbond substituents is 1. The van der Waals surface area contributed by atoms with Gasteiger partial charge in [0.15, 0.2) is 0 Å². The Labute approximate surface area is 139 Å². The van der Waals surface area contributed by atoms with Gasteiger partial charge in [0.25, 0.3) is 5.56 Å². The normalized spacial score (nSPS) is 15.0. The molecule has 1 aliphatic heterocycles. The van der Waals surface area contributed by atoms with Crippen molar-refractivity contribution < 1.29 is 5.11 Å². The number of aromatic hydroxyl groups is 1. The zero-order chi connectivity index (χ0) is 16.5. The number of para-hydroxylation sites is 2. The maximum absolute atomic E-state index is 12.2. The average Bonchev–Trinajstić information content (AvgIpc) is 2.62. The number of benzene rings is 1. The molecule has 4 rings (SSSR count). The van der Waals surface area contributed by atoms with Gasteiger partial charge >= 0.3 is 0 Å². The molecule has 0 spiro atoms. The molecule has 6 nitrogen and oxygen atoms in total. The zero-order valence-corrected chi connectivity index (χ0v) is 13.2. The highest BCUT2D eigenvalue weighted by Crippen LogP contribution is 2.27. The van der Waals surface area contributed by atoms with Crippen LogP contribution in [-0.4, -0.2) is 40.7 Å². The third-order valence-electron chi connectivity index (χ3n) is 4.38. The second kappa shape index (κ2) is 5.88. The fourth-order valence-corrected chi connectivity index (χ4v) is 3.11. The van der Waals surface area contributed by atoms with E-state index in [1.54, 1.807) is 22.7 Å². The van der Waals surface area contributed by atoms with Gasteiger partial charge in [-0.1, -0.05) is 18.2 Å². The van der Waals surface area contributed by atoms with Gasteiger partial charge in [-0.15, -0.1) is 0 Å². The van der Waals surface area contributed by atoms with E-state index in [-0.39, 0.29) is 5.56 Å². The van der Waals surface area contributed by atoms with E-state index in [4.69, 9.17) is 0 Å². The summed E-state index contributed by atoms with van der Waals surface area (Å²) in [4.78, 5) is 21.1. The lowest BCUT2D eigenvalue weighted by Crippen LogP contribution is -2.47. The number of fused-ring (bicyclic) bond motifs is 1. The van der Waals surface area contributed by atoms with Crippen molar-refractivity contribution in [3.63, 3.8) is 0 Å². The molecule has 1 fully saturated rings. The Morgan fingerprint density at radius 2 is 1.62 bits per heavy atom. The number of hydrogen-bond acceptors (Lipinski definition) is 5. The number of nitrogens with zero attached hydrogens (tertiary/aromatic N) is 4. The lowest BCUT2D eigenvalue weighted by Gasteiger charge is -2.36. The number of rotatable bonds is 2. The number of hydrogen-bond donors (Lipinski definition) is 1. The summed E-state index contributed by atoms with van der Waals surface area (Å²) in [6, 6.07) is 14.5. The van der Waals surface area contributed by atoms with Gasteiger partial charge in [0.05, 0.1) is 5.69 Å². The Bertz CT molecular complexity index is 929. The summed E-state index contributed by atoms with van der Waals surface area (Å²) < 4.78 is 1.54. The van der Waals surface area contributed by atoms with Crippen LogP contribution in [0.3, 0.4) is 0 Å². The fourth-order valence-electron chi connectivity index (χ4n) is 3.11. The minimum absolute atomic E-state index is 0.0706. The van der Waals surface area contributed by atoms with Crippen LogP contribution in [0.15, 0.2) is 59.5 Å². The second-order valence-corrected chi connectivity index (χ2v) is 5.84. The molecule has 3 heterocycles. The summed E-state index contributed by atoms with van der Waals surface area (Å²) in [5.74, 6) is 1.01. The SMILES string of the molecule is O=c1cc(N2CCN(c3ccccc3O)CC2)nc2ccccn12. The first kappa shape index (κ1) is 14.6. The highest BCUT2D eigenvalue weighted by molar-refractivity contribution is 5.59. The van der Waals surface area contributed by atoms with Crippen molar-refractivity contribution in [1.82, 2.24) is 9.38 Å². The van der Waals surface area contributed by atoms with Gasteiger partial charge in [0, 0.05) is 38.4 Å². The third kappa shape index (κ3) is 2.56. The first-order valence-corrected chi connectivity index (χ1v) is 7.99. The molecule has 0 bridgehead atoms. The summed E-state index contributed by atoms with van der Waals surface area (Å²) in [6.07, 6.45) is 1.73. The summed E-state index contributed by atoms with van der Waals surface area (Å²) >= 11 is 0. The van der Waals surface area contributed by atoms with Crippen LogP contribution in [-0.2, 0) is 0 Å². The number of anilines is 2. The molecule has 1 N–H and O–H groups in total. The van der Waals surface area contributed by atoms with Gasteiger partial charge in [-0.05, 0) is 24.3 Å². The van der Waals surface area contributed by atoms with E-state index < -0.39 is 0 Å². The van der Waals surface area contributed by atoms with E-state index in [9.17, 15) is 9.90 Å². The van der Waals surface area contributed by atoms with Crippen LogP contribution in [0.5, 0.6) is 5.75 Å². The molecular formula is C18H18N4O2. The van der Waals surface area contributed by atoms with Crippen LogP contribution < -0.4 is 15.4 Å². The van der Waals surface area contributed by atoms with E-state index in [1.807, 2.05) is 36.4 Å². The number of piperazine rings is 1. The maximum Gasteiger partial charge on any atom is 0.259 e. The molecule has 0 radical (unpaired) electrons. The van der Waals surface area contributed by atoms with E-state index in [0.717, 1.165) is 31.9 Å². The molecule has 1 aliphatic rings. The van der Waals surface area contributed by atoms with Gasteiger partial charge in [-0.25, -0.2) is 4.98 Å².